The Morgan fingerprint density at radius 2 is 1.27 bits per heavy atom. The summed E-state index contributed by atoms with van der Waals surface area (Å²) in [6, 6.07) is 0. The third-order valence-corrected chi connectivity index (χ3v) is 5.75. The van der Waals surface area contributed by atoms with Gasteiger partial charge in [0, 0.05) is 19.6 Å². The van der Waals surface area contributed by atoms with Crippen molar-refractivity contribution in [3.05, 3.63) is 24.3 Å². The van der Waals surface area contributed by atoms with Crippen LogP contribution >= 0.6 is 0 Å². The first kappa shape index (κ1) is 29.4. The van der Waals surface area contributed by atoms with Crippen LogP contribution in [0.4, 0.5) is 0 Å². The van der Waals surface area contributed by atoms with E-state index in [1.807, 2.05) is 12.2 Å². The van der Waals surface area contributed by atoms with Gasteiger partial charge in [0.25, 0.3) is 0 Å². The van der Waals surface area contributed by atoms with Crippen molar-refractivity contribution < 1.29 is 14.3 Å². The van der Waals surface area contributed by atoms with Crippen molar-refractivity contribution in [3.8, 4) is 0 Å². The lowest BCUT2D eigenvalue weighted by Crippen LogP contribution is -2.34. The van der Waals surface area contributed by atoms with Gasteiger partial charge in [0.2, 0.25) is 11.8 Å². The summed E-state index contributed by atoms with van der Waals surface area (Å²) in [4.78, 5) is 26.2. The molecule has 1 heterocycles. The molecule has 0 bridgehead atoms. The maximum atomic E-state index is 11.9. The fourth-order valence-electron chi connectivity index (χ4n) is 3.66. The lowest BCUT2D eigenvalue weighted by atomic mass is 10.1. The van der Waals surface area contributed by atoms with E-state index in [2.05, 4.69) is 29.4 Å². The summed E-state index contributed by atoms with van der Waals surface area (Å²) >= 11 is 0. The topological polar surface area (TPSA) is 74.0 Å². The number of ether oxygens (including phenoxy) is 1. The molecule has 0 spiro atoms. The van der Waals surface area contributed by atoms with Crippen molar-refractivity contribution >= 4 is 11.8 Å². The average molecular weight is 464 g/mol. The van der Waals surface area contributed by atoms with E-state index in [-0.39, 0.29) is 11.8 Å². The Balaban J connectivity index is 2.10. The Morgan fingerprint density at radius 1 is 0.788 bits per heavy atom. The zero-order chi connectivity index (χ0) is 24.0. The molecule has 0 aromatic rings. The van der Waals surface area contributed by atoms with E-state index >= 15 is 0 Å². The lowest BCUT2D eigenvalue weighted by molar-refractivity contribution is -0.117. The summed E-state index contributed by atoms with van der Waals surface area (Å²) < 4.78 is 5.39. The largest absolute Gasteiger partial charge is 0.372 e. The van der Waals surface area contributed by atoms with Gasteiger partial charge in [-0.25, -0.2) is 0 Å². The predicted octanol–water partition coefficient (Wildman–Crippen LogP) is 4.75. The van der Waals surface area contributed by atoms with Gasteiger partial charge in [0.15, 0.2) is 0 Å². The van der Waals surface area contributed by atoms with Crippen molar-refractivity contribution in [1.82, 2.24) is 15.5 Å². The third-order valence-electron chi connectivity index (χ3n) is 5.75. The minimum atomic E-state index is 0.00342. The van der Waals surface area contributed by atoms with Crippen LogP contribution in [0.15, 0.2) is 24.3 Å². The molecule has 1 saturated heterocycles. The van der Waals surface area contributed by atoms with Gasteiger partial charge in [0.1, 0.15) is 0 Å². The first-order chi connectivity index (χ1) is 16.2. The number of hydrogen-bond donors (Lipinski definition) is 2. The number of amides is 2. The van der Waals surface area contributed by atoms with Gasteiger partial charge in [-0.3, -0.25) is 9.59 Å². The number of carbonyl (C=O) groups is 2. The third kappa shape index (κ3) is 19.5. The van der Waals surface area contributed by atoms with Gasteiger partial charge >= 0.3 is 0 Å². The van der Waals surface area contributed by atoms with Crippen LogP contribution in [0.1, 0.15) is 90.9 Å². The summed E-state index contributed by atoms with van der Waals surface area (Å²) in [5.41, 5.74) is 0. The van der Waals surface area contributed by atoms with Gasteiger partial charge in [-0.05, 0) is 63.8 Å². The highest BCUT2D eigenvalue weighted by molar-refractivity contribution is 5.87. The molecular formula is C27H49N3O3. The summed E-state index contributed by atoms with van der Waals surface area (Å²) in [7, 11) is 0. The van der Waals surface area contributed by atoms with Crippen molar-refractivity contribution in [3.63, 3.8) is 0 Å². The molecule has 0 radical (unpaired) electrons. The zero-order valence-electron chi connectivity index (χ0n) is 21.3. The van der Waals surface area contributed by atoms with Crippen LogP contribution in [0.25, 0.3) is 0 Å². The van der Waals surface area contributed by atoms with E-state index in [0.29, 0.717) is 19.2 Å². The number of allylic oxidation sites excluding steroid dienone is 2. The SMILES string of the molecule is CCCCCC/C=C/C(=O)NCCCN(CCCNC(=O)/C=C/CCCCCC)CC1CO1. The Bertz CT molecular complexity index is 517. The molecule has 6 nitrogen and oxygen atoms in total. The molecule has 1 rings (SSSR count). The standard InChI is InChI=1S/C27H49N3O3/c1-3-5-7-9-11-13-17-26(31)28-19-15-21-30(23-25-24-33-25)22-16-20-29-27(32)18-14-12-10-8-6-4-2/h13-14,17-18,25H,3-12,15-16,19-24H2,1-2H3,(H,28,31)(H,29,32)/b17-13+,18-14+. The number of unbranched alkanes of at least 4 members (excludes halogenated alkanes) is 8. The van der Waals surface area contributed by atoms with Gasteiger partial charge in [-0.2, -0.15) is 0 Å². The van der Waals surface area contributed by atoms with Gasteiger partial charge in [0.05, 0.1) is 12.7 Å². The second kappa shape index (κ2) is 20.9. The maximum Gasteiger partial charge on any atom is 0.243 e. The molecule has 2 amide bonds. The molecule has 0 aromatic carbocycles. The van der Waals surface area contributed by atoms with Crippen LogP contribution in [0, 0.1) is 0 Å². The first-order valence-electron chi connectivity index (χ1n) is 13.4. The highest BCUT2D eigenvalue weighted by Crippen LogP contribution is 2.11. The molecule has 2 N–H and O–H groups in total. The maximum absolute atomic E-state index is 11.9. The Labute approximate surface area is 202 Å². The summed E-state index contributed by atoms with van der Waals surface area (Å²) in [6.45, 7) is 9.39. The number of carbonyl (C=O) groups excluding carboxylic acids is 2. The average Bonchev–Trinajstić information content (AvgIpc) is 3.62. The second-order valence-electron chi connectivity index (χ2n) is 9.05. The zero-order valence-corrected chi connectivity index (χ0v) is 21.3. The van der Waals surface area contributed by atoms with Crippen LogP contribution in [0.5, 0.6) is 0 Å². The first-order valence-corrected chi connectivity index (χ1v) is 13.4. The summed E-state index contributed by atoms with van der Waals surface area (Å²) in [5.74, 6) is 0.00685. The van der Waals surface area contributed by atoms with Crippen LogP contribution in [-0.4, -0.2) is 62.1 Å². The molecule has 0 aliphatic carbocycles. The second-order valence-corrected chi connectivity index (χ2v) is 9.05. The molecule has 1 fully saturated rings. The lowest BCUT2D eigenvalue weighted by Gasteiger charge is -2.21. The molecule has 33 heavy (non-hydrogen) atoms. The van der Waals surface area contributed by atoms with E-state index in [1.54, 1.807) is 12.2 Å². The molecular weight excluding hydrogens is 414 g/mol. The Kier molecular flexibility index (Phi) is 18.6. The Morgan fingerprint density at radius 3 is 1.70 bits per heavy atom. The van der Waals surface area contributed by atoms with Crippen molar-refractivity contribution in [2.75, 3.05) is 39.3 Å². The van der Waals surface area contributed by atoms with E-state index in [0.717, 1.165) is 64.8 Å². The fourth-order valence-corrected chi connectivity index (χ4v) is 3.66. The predicted molar refractivity (Wildman–Crippen MR) is 137 cm³/mol. The minimum Gasteiger partial charge on any atom is -0.372 e. The number of nitrogens with zero attached hydrogens (tertiary/aromatic N) is 1. The van der Waals surface area contributed by atoms with Crippen LogP contribution in [0.2, 0.25) is 0 Å². The van der Waals surface area contributed by atoms with Crippen molar-refractivity contribution in [2.24, 2.45) is 0 Å². The van der Waals surface area contributed by atoms with Gasteiger partial charge < -0.3 is 20.3 Å². The summed E-state index contributed by atoms with van der Waals surface area (Å²) in [5, 5.41) is 5.96. The molecule has 1 aliphatic heterocycles. The summed E-state index contributed by atoms with van der Waals surface area (Å²) in [6.07, 6.45) is 21.2. The highest BCUT2D eigenvalue weighted by atomic mass is 16.6. The van der Waals surface area contributed by atoms with Gasteiger partial charge in [-0.1, -0.05) is 64.5 Å². The van der Waals surface area contributed by atoms with E-state index in [1.165, 1.54) is 38.5 Å². The molecule has 0 saturated carbocycles. The monoisotopic (exact) mass is 463 g/mol. The number of rotatable bonds is 22. The Hall–Kier alpha value is -1.66. The number of epoxide rings is 1. The molecule has 0 aromatic heterocycles. The van der Waals surface area contributed by atoms with Crippen molar-refractivity contribution in [1.29, 1.82) is 0 Å². The van der Waals surface area contributed by atoms with Crippen LogP contribution in [0.3, 0.4) is 0 Å². The van der Waals surface area contributed by atoms with Crippen molar-refractivity contribution in [2.45, 2.75) is 97.0 Å². The quantitative estimate of drug-likeness (QED) is 0.138. The molecule has 190 valence electrons. The number of nitrogens with one attached hydrogen (secondary N) is 2. The normalized spacial score (nSPS) is 15.5. The smallest absolute Gasteiger partial charge is 0.243 e. The molecule has 1 unspecified atom stereocenters. The molecule has 1 aliphatic rings. The van der Waals surface area contributed by atoms with E-state index < -0.39 is 0 Å². The highest BCUT2D eigenvalue weighted by Gasteiger charge is 2.25. The fraction of sp³-hybridized carbons (Fsp3) is 0.778. The molecule has 1 atom stereocenters. The van der Waals surface area contributed by atoms with Crippen LogP contribution < -0.4 is 10.6 Å². The van der Waals surface area contributed by atoms with Crippen LogP contribution in [-0.2, 0) is 14.3 Å². The van der Waals surface area contributed by atoms with E-state index in [9.17, 15) is 9.59 Å². The van der Waals surface area contributed by atoms with Gasteiger partial charge in [-0.15, -0.1) is 0 Å². The van der Waals surface area contributed by atoms with E-state index in [4.69, 9.17) is 4.74 Å². The minimum absolute atomic E-state index is 0.00342. The number of hydrogen-bond acceptors (Lipinski definition) is 4. The molecule has 6 heteroatoms.